The first kappa shape index (κ1) is 22.9. The SMILES string of the molecule is CC(C)C[C@H]1COC(=O)COCC(=O)OC[C@H](CC(C)C)NC(=O)C(=O)N1. The van der Waals surface area contributed by atoms with E-state index in [0.717, 1.165) is 0 Å². The van der Waals surface area contributed by atoms with Crippen molar-refractivity contribution in [2.24, 2.45) is 11.8 Å². The van der Waals surface area contributed by atoms with Crippen LogP contribution < -0.4 is 10.6 Å². The van der Waals surface area contributed by atoms with Gasteiger partial charge in [-0.05, 0) is 24.7 Å². The van der Waals surface area contributed by atoms with Crippen LogP contribution in [-0.4, -0.2) is 62.3 Å². The lowest BCUT2D eigenvalue weighted by molar-refractivity contribution is -0.156. The Morgan fingerprint density at radius 2 is 1.15 bits per heavy atom. The number of hydrogen-bond donors (Lipinski definition) is 2. The molecular formula is C18H30N2O7. The van der Waals surface area contributed by atoms with E-state index < -0.39 is 49.1 Å². The van der Waals surface area contributed by atoms with Crippen LogP contribution in [0.25, 0.3) is 0 Å². The molecule has 1 aliphatic rings. The molecule has 0 aromatic carbocycles. The van der Waals surface area contributed by atoms with Crippen LogP contribution >= 0.6 is 0 Å². The second kappa shape index (κ2) is 11.5. The highest BCUT2D eigenvalue weighted by Crippen LogP contribution is 2.08. The molecular weight excluding hydrogens is 356 g/mol. The van der Waals surface area contributed by atoms with Crippen LogP contribution in [0, 0.1) is 11.8 Å². The quantitative estimate of drug-likeness (QED) is 0.522. The van der Waals surface area contributed by atoms with Crippen LogP contribution in [0.5, 0.6) is 0 Å². The second-order valence-corrected chi connectivity index (χ2v) is 7.46. The Hall–Kier alpha value is -2.16. The zero-order valence-corrected chi connectivity index (χ0v) is 16.4. The van der Waals surface area contributed by atoms with Gasteiger partial charge in [-0.25, -0.2) is 9.59 Å². The van der Waals surface area contributed by atoms with Crippen molar-refractivity contribution in [2.45, 2.75) is 52.6 Å². The first-order valence-corrected chi connectivity index (χ1v) is 9.17. The molecule has 9 nitrogen and oxygen atoms in total. The maximum absolute atomic E-state index is 12.2. The number of cyclic esters (lactones) is 2. The summed E-state index contributed by atoms with van der Waals surface area (Å²) < 4.78 is 15.1. The monoisotopic (exact) mass is 386 g/mol. The predicted octanol–water partition coefficient (Wildman–Crippen LogP) is 0.165. The van der Waals surface area contributed by atoms with Gasteiger partial charge in [0.15, 0.2) is 0 Å². The summed E-state index contributed by atoms with van der Waals surface area (Å²) in [7, 11) is 0. The lowest BCUT2D eigenvalue weighted by atomic mass is 10.0. The Morgan fingerprint density at radius 1 is 0.778 bits per heavy atom. The van der Waals surface area contributed by atoms with Gasteiger partial charge in [0.1, 0.15) is 26.4 Å². The largest absolute Gasteiger partial charge is 0.462 e. The van der Waals surface area contributed by atoms with Crippen molar-refractivity contribution in [2.75, 3.05) is 26.4 Å². The van der Waals surface area contributed by atoms with Crippen molar-refractivity contribution in [3.05, 3.63) is 0 Å². The van der Waals surface area contributed by atoms with Crippen LogP contribution in [0.1, 0.15) is 40.5 Å². The van der Waals surface area contributed by atoms with Crippen molar-refractivity contribution in [1.29, 1.82) is 0 Å². The van der Waals surface area contributed by atoms with Gasteiger partial charge in [-0.1, -0.05) is 27.7 Å². The first-order valence-electron chi connectivity index (χ1n) is 9.17. The number of carbonyl (C=O) groups excluding carboxylic acids is 4. The first-order chi connectivity index (χ1) is 12.7. The molecule has 0 aromatic heterocycles. The van der Waals surface area contributed by atoms with E-state index in [4.69, 9.17) is 14.2 Å². The zero-order chi connectivity index (χ0) is 20.4. The van der Waals surface area contributed by atoms with Gasteiger partial charge >= 0.3 is 23.8 Å². The molecule has 2 atom stereocenters. The van der Waals surface area contributed by atoms with Crippen molar-refractivity contribution in [3.8, 4) is 0 Å². The van der Waals surface area contributed by atoms with Crippen LogP contribution in [0.2, 0.25) is 0 Å². The molecule has 0 bridgehead atoms. The minimum atomic E-state index is -0.817. The smallest absolute Gasteiger partial charge is 0.332 e. The lowest BCUT2D eigenvalue weighted by Gasteiger charge is -2.22. The molecule has 0 spiro atoms. The molecule has 154 valence electrons. The summed E-state index contributed by atoms with van der Waals surface area (Å²) in [5, 5.41) is 5.19. The van der Waals surface area contributed by atoms with E-state index in [1.807, 2.05) is 27.7 Å². The van der Waals surface area contributed by atoms with Crippen LogP contribution in [0.3, 0.4) is 0 Å². The number of ether oxygens (including phenoxy) is 3. The topological polar surface area (TPSA) is 120 Å². The number of rotatable bonds is 4. The summed E-state index contributed by atoms with van der Waals surface area (Å²) in [6.07, 6.45) is 1.06. The summed E-state index contributed by atoms with van der Waals surface area (Å²) in [6, 6.07) is -1.00. The summed E-state index contributed by atoms with van der Waals surface area (Å²) in [5.74, 6) is -2.53. The third kappa shape index (κ3) is 9.93. The summed E-state index contributed by atoms with van der Waals surface area (Å²) in [6.45, 7) is 6.84. The van der Waals surface area contributed by atoms with Gasteiger partial charge in [-0.2, -0.15) is 0 Å². The van der Waals surface area contributed by atoms with E-state index in [0.29, 0.717) is 12.8 Å². The summed E-state index contributed by atoms with van der Waals surface area (Å²) >= 11 is 0. The van der Waals surface area contributed by atoms with Crippen LogP contribution in [0.4, 0.5) is 0 Å². The van der Waals surface area contributed by atoms with Gasteiger partial charge in [0.25, 0.3) is 0 Å². The van der Waals surface area contributed by atoms with Crippen molar-refractivity contribution >= 4 is 23.8 Å². The van der Waals surface area contributed by atoms with E-state index in [2.05, 4.69) is 10.6 Å². The van der Waals surface area contributed by atoms with Crippen molar-refractivity contribution in [1.82, 2.24) is 10.6 Å². The van der Waals surface area contributed by atoms with E-state index in [1.165, 1.54) is 0 Å². The highest BCUT2D eigenvalue weighted by atomic mass is 16.6. The van der Waals surface area contributed by atoms with Gasteiger partial charge in [-0.15, -0.1) is 0 Å². The van der Waals surface area contributed by atoms with Gasteiger partial charge < -0.3 is 24.8 Å². The fraction of sp³-hybridized carbons (Fsp3) is 0.778. The molecule has 0 aromatic rings. The zero-order valence-electron chi connectivity index (χ0n) is 16.4. The molecule has 1 rings (SSSR count). The Kier molecular flexibility index (Phi) is 9.77. The maximum atomic E-state index is 12.2. The van der Waals surface area contributed by atoms with E-state index >= 15 is 0 Å². The number of hydrogen-bond acceptors (Lipinski definition) is 7. The maximum Gasteiger partial charge on any atom is 0.332 e. The normalized spacial score (nSPS) is 23.8. The molecule has 0 aliphatic carbocycles. The standard InChI is InChI=1S/C18H30N2O7/c1-11(2)5-13-7-26-15(21)9-25-10-16(22)27-8-14(6-12(3)4)20-18(24)17(23)19-13/h11-14H,5-10H2,1-4H3,(H,19,23)(H,20,24)/t13-,14-/m0/s1. The van der Waals surface area contributed by atoms with Gasteiger partial charge in [0.05, 0.1) is 12.1 Å². The van der Waals surface area contributed by atoms with Gasteiger partial charge in [0, 0.05) is 0 Å². The fourth-order valence-corrected chi connectivity index (χ4v) is 2.67. The van der Waals surface area contributed by atoms with Crippen LogP contribution in [0.15, 0.2) is 0 Å². The molecule has 1 heterocycles. The van der Waals surface area contributed by atoms with Crippen LogP contribution in [-0.2, 0) is 33.4 Å². The molecule has 27 heavy (non-hydrogen) atoms. The second-order valence-electron chi connectivity index (χ2n) is 7.46. The molecule has 0 saturated carbocycles. The van der Waals surface area contributed by atoms with E-state index in [-0.39, 0.29) is 25.0 Å². The van der Waals surface area contributed by atoms with Crippen molar-refractivity contribution < 1.29 is 33.4 Å². The fourth-order valence-electron chi connectivity index (χ4n) is 2.67. The van der Waals surface area contributed by atoms with Crippen molar-refractivity contribution in [3.63, 3.8) is 0 Å². The predicted molar refractivity (Wildman–Crippen MR) is 95.5 cm³/mol. The lowest BCUT2D eigenvalue weighted by Crippen LogP contribution is -2.50. The Labute approximate surface area is 159 Å². The third-order valence-corrected chi connectivity index (χ3v) is 3.72. The molecule has 0 unspecified atom stereocenters. The minimum absolute atomic E-state index is 0.0841. The molecule has 9 heteroatoms. The van der Waals surface area contributed by atoms with Gasteiger partial charge in [0.2, 0.25) is 0 Å². The molecule has 1 saturated heterocycles. The number of nitrogens with one attached hydrogen (secondary N) is 2. The average Bonchev–Trinajstić information content (AvgIpc) is 2.56. The number of amides is 2. The van der Waals surface area contributed by atoms with E-state index in [9.17, 15) is 19.2 Å². The summed E-state index contributed by atoms with van der Waals surface area (Å²) in [5.41, 5.74) is 0. The molecule has 1 fully saturated rings. The molecule has 2 N–H and O–H groups in total. The summed E-state index contributed by atoms with van der Waals surface area (Å²) in [4.78, 5) is 47.8. The Balaban J connectivity index is 2.87. The highest BCUT2D eigenvalue weighted by Gasteiger charge is 2.25. The Bertz CT molecular complexity index is 488. The third-order valence-electron chi connectivity index (χ3n) is 3.72. The molecule has 1 aliphatic heterocycles. The van der Waals surface area contributed by atoms with E-state index in [1.54, 1.807) is 0 Å². The highest BCUT2D eigenvalue weighted by molar-refractivity contribution is 6.35. The number of carbonyl (C=O) groups is 4. The average molecular weight is 386 g/mol. The van der Waals surface area contributed by atoms with Gasteiger partial charge in [-0.3, -0.25) is 9.59 Å². The molecule has 0 radical (unpaired) electrons. The molecule has 2 amide bonds. The Morgan fingerprint density at radius 3 is 1.48 bits per heavy atom. The minimum Gasteiger partial charge on any atom is -0.462 e. The number of esters is 2.